The fourth-order valence-electron chi connectivity index (χ4n) is 2.47. The Morgan fingerprint density at radius 3 is 1.67 bits per heavy atom. The SMILES string of the molecule is CCCCCCCCC=CCCCCCCCC(=O)S(=O)(=O)O.N. The molecule has 0 unspecified atom stereocenters. The van der Waals surface area contributed by atoms with Crippen molar-refractivity contribution in [1.82, 2.24) is 6.15 Å². The molecule has 0 amide bonds. The molecule has 6 heteroatoms. The Bertz CT molecular complexity index is 419. The van der Waals surface area contributed by atoms with E-state index >= 15 is 0 Å². The average Bonchev–Trinajstić information content (AvgIpc) is 2.50. The number of hydrogen-bond acceptors (Lipinski definition) is 4. The standard InChI is InChI=1S/C18H34O4S.H3N/c1-2-3-4-5-6-7-8-9-10-11-12-13-14-15-16-17-18(19)23(20,21)22;/h9-10H,2-8,11-17H2,1H3,(H,20,21,22);1H3. The number of allylic oxidation sites excluding steroid dienone is 2. The second kappa shape index (κ2) is 17.1. The molecule has 5 nitrogen and oxygen atoms in total. The summed E-state index contributed by atoms with van der Waals surface area (Å²) < 4.78 is 29.5. The van der Waals surface area contributed by atoms with E-state index in [1.165, 1.54) is 44.9 Å². The van der Waals surface area contributed by atoms with Crippen molar-refractivity contribution in [3.8, 4) is 0 Å². The Labute approximate surface area is 148 Å². The highest BCUT2D eigenvalue weighted by Gasteiger charge is 2.16. The van der Waals surface area contributed by atoms with Crippen molar-refractivity contribution in [3.63, 3.8) is 0 Å². The van der Waals surface area contributed by atoms with Gasteiger partial charge in [-0.3, -0.25) is 9.35 Å². The molecule has 0 saturated carbocycles. The van der Waals surface area contributed by atoms with Gasteiger partial charge in [0.1, 0.15) is 0 Å². The van der Waals surface area contributed by atoms with E-state index in [9.17, 15) is 13.2 Å². The molecule has 0 aromatic rings. The van der Waals surface area contributed by atoms with Gasteiger partial charge >= 0.3 is 10.1 Å². The first-order valence-corrected chi connectivity index (χ1v) is 10.6. The molecule has 144 valence electrons. The molecule has 0 rings (SSSR count). The lowest BCUT2D eigenvalue weighted by molar-refractivity contribution is -0.112. The third-order valence-corrected chi connectivity index (χ3v) is 4.71. The van der Waals surface area contributed by atoms with Crippen molar-refractivity contribution in [2.45, 2.75) is 96.8 Å². The van der Waals surface area contributed by atoms with Gasteiger partial charge in [-0.2, -0.15) is 8.42 Å². The molecule has 0 aromatic carbocycles. The van der Waals surface area contributed by atoms with Gasteiger partial charge < -0.3 is 6.15 Å². The number of hydrogen-bond donors (Lipinski definition) is 2. The van der Waals surface area contributed by atoms with Crippen LogP contribution < -0.4 is 6.15 Å². The first-order valence-electron chi connectivity index (χ1n) is 9.13. The van der Waals surface area contributed by atoms with E-state index in [0.29, 0.717) is 6.42 Å². The summed E-state index contributed by atoms with van der Waals surface area (Å²) >= 11 is 0. The summed E-state index contributed by atoms with van der Waals surface area (Å²) in [6, 6.07) is 0. The van der Waals surface area contributed by atoms with Gasteiger partial charge in [0, 0.05) is 6.42 Å². The van der Waals surface area contributed by atoms with Crippen LogP contribution in [0.1, 0.15) is 96.8 Å². The largest absolute Gasteiger partial charge is 0.344 e. The topological polar surface area (TPSA) is 106 Å². The van der Waals surface area contributed by atoms with Gasteiger partial charge in [-0.05, 0) is 32.1 Å². The zero-order valence-electron chi connectivity index (χ0n) is 15.3. The lowest BCUT2D eigenvalue weighted by Crippen LogP contribution is -2.12. The molecule has 0 aliphatic heterocycles. The summed E-state index contributed by atoms with van der Waals surface area (Å²) in [5.74, 6) is 0. The van der Waals surface area contributed by atoms with Crippen LogP contribution in [0.5, 0.6) is 0 Å². The molecule has 0 bridgehead atoms. The normalized spacial score (nSPS) is 11.6. The summed E-state index contributed by atoms with van der Waals surface area (Å²) in [7, 11) is -4.47. The molecule has 0 heterocycles. The first-order chi connectivity index (χ1) is 11.0. The molecule has 0 aliphatic rings. The third kappa shape index (κ3) is 17.6. The molecular formula is C18H37NO4S. The predicted octanol–water partition coefficient (Wildman–Crippen LogP) is 5.60. The van der Waals surface area contributed by atoms with Gasteiger partial charge in [0.05, 0.1) is 0 Å². The molecule has 0 spiro atoms. The van der Waals surface area contributed by atoms with Crippen LogP contribution in [0.3, 0.4) is 0 Å². The zero-order chi connectivity index (χ0) is 17.4. The molecule has 0 atom stereocenters. The first kappa shape index (κ1) is 25.5. The summed E-state index contributed by atoms with van der Waals surface area (Å²) in [6.07, 6.45) is 19.4. The zero-order valence-corrected chi connectivity index (χ0v) is 16.2. The van der Waals surface area contributed by atoms with E-state index in [0.717, 1.165) is 32.1 Å². The van der Waals surface area contributed by atoms with Crippen LogP contribution in [0.25, 0.3) is 0 Å². The minimum absolute atomic E-state index is 0. The lowest BCUT2D eigenvalue weighted by Gasteiger charge is -2.00. The maximum atomic E-state index is 11.0. The van der Waals surface area contributed by atoms with Gasteiger partial charge in [-0.1, -0.05) is 70.4 Å². The van der Waals surface area contributed by atoms with Crippen molar-refractivity contribution in [3.05, 3.63) is 12.2 Å². The predicted molar refractivity (Wildman–Crippen MR) is 101 cm³/mol. The minimum atomic E-state index is -4.47. The second-order valence-corrected chi connectivity index (χ2v) is 7.59. The van der Waals surface area contributed by atoms with Crippen LogP contribution >= 0.6 is 0 Å². The number of carbonyl (C=O) groups is 1. The Morgan fingerprint density at radius 1 is 0.792 bits per heavy atom. The third-order valence-electron chi connectivity index (χ3n) is 3.93. The van der Waals surface area contributed by atoms with Gasteiger partial charge in [0.25, 0.3) is 5.12 Å². The Hall–Kier alpha value is -0.720. The van der Waals surface area contributed by atoms with Gasteiger partial charge in [0.15, 0.2) is 0 Å². The molecule has 0 aliphatic carbocycles. The molecule has 0 aromatic heterocycles. The fraction of sp³-hybridized carbons (Fsp3) is 0.833. The molecule has 0 radical (unpaired) electrons. The quantitative estimate of drug-likeness (QED) is 0.224. The minimum Gasteiger partial charge on any atom is -0.344 e. The number of unbranched alkanes of at least 4 members (excludes halogenated alkanes) is 11. The Kier molecular flexibility index (Phi) is 18.2. The molecule has 24 heavy (non-hydrogen) atoms. The maximum absolute atomic E-state index is 11.0. The molecule has 4 N–H and O–H groups in total. The van der Waals surface area contributed by atoms with Crippen LogP contribution in [0, 0.1) is 0 Å². The maximum Gasteiger partial charge on any atom is 0.328 e. The van der Waals surface area contributed by atoms with E-state index in [-0.39, 0.29) is 12.6 Å². The van der Waals surface area contributed by atoms with Crippen molar-refractivity contribution in [2.24, 2.45) is 0 Å². The summed E-state index contributed by atoms with van der Waals surface area (Å²) in [6.45, 7) is 2.24. The van der Waals surface area contributed by atoms with Crippen LogP contribution in [-0.2, 0) is 14.9 Å². The summed E-state index contributed by atoms with van der Waals surface area (Å²) in [5.41, 5.74) is 0. The Morgan fingerprint density at radius 2 is 1.21 bits per heavy atom. The highest BCUT2D eigenvalue weighted by atomic mass is 32.2. The van der Waals surface area contributed by atoms with E-state index in [2.05, 4.69) is 19.1 Å². The van der Waals surface area contributed by atoms with Crippen molar-refractivity contribution < 1.29 is 17.8 Å². The molecule has 0 fully saturated rings. The van der Waals surface area contributed by atoms with Gasteiger partial charge in [0.2, 0.25) is 0 Å². The number of rotatable bonds is 15. The summed E-state index contributed by atoms with van der Waals surface area (Å²) in [4.78, 5) is 11.0. The highest BCUT2D eigenvalue weighted by Crippen LogP contribution is 2.10. The van der Waals surface area contributed by atoms with E-state index in [4.69, 9.17) is 4.55 Å². The average molecular weight is 364 g/mol. The number of carbonyl (C=O) groups excluding carboxylic acids is 1. The smallest absolute Gasteiger partial charge is 0.328 e. The van der Waals surface area contributed by atoms with Crippen molar-refractivity contribution >= 4 is 15.2 Å². The van der Waals surface area contributed by atoms with Crippen molar-refractivity contribution in [1.29, 1.82) is 0 Å². The molecule has 0 saturated heterocycles. The van der Waals surface area contributed by atoms with E-state index in [1.54, 1.807) is 0 Å². The monoisotopic (exact) mass is 363 g/mol. The van der Waals surface area contributed by atoms with Crippen LogP contribution in [0.4, 0.5) is 0 Å². The van der Waals surface area contributed by atoms with Crippen LogP contribution in [-0.4, -0.2) is 18.1 Å². The lowest BCUT2D eigenvalue weighted by atomic mass is 10.1. The summed E-state index contributed by atoms with van der Waals surface area (Å²) in [5, 5.41) is -1.06. The van der Waals surface area contributed by atoms with Gasteiger partial charge in [-0.25, -0.2) is 0 Å². The second-order valence-electron chi connectivity index (χ2n) is 6.18. The van der Waals surface area contributed by atoms with Crippen LogP contribution in [0.2, 0.25) is 0 Å². The Balaban J connectivity index is 0. The van der Waals surface area contributed by atoms with E-state index in [1.807, 2.05) is 0 Å². The van der Waals surface area contributed by atoms with Gasteiger partial charge in [-0.15, -0.1) is 0 Å². The highest BCUT2D eigenvalue weighted by molar-refractivity contribution is 8.01. The van der Waals surface area contributed by atoms with Crippen molar-refractivity contribution in [2.75, 3.05) is 0 Å². The molecular weight excluding hydrogens is 326 g/mol. The fourth-order valence-corrected chi connectivity index (χ4v) is 2.87. The van der Waals surface area contributed by atoms with E-state index < -0.39 is 15.2 Å². The van der Waals surface area contributed by atoms with Crippen LogP contribution in [0.15, 0.2) is 12.2 Å².